The van der Waals surface area contributed by atoms with E-state index in [2.05, 4.69) is 10.1 Å². The van der Waals surface area contributed by atoms with Gasteiger partial charge in [-0.1, -0.05) is 31.2 Å². The molecule has 1 aliphatic rings. The van der Waals surface area contributed by atoms with Crippen molar-refractivity contribution in [2.75, 3.05) is 5.32 Å². The number of benzene rings is 2. The second-order valence-electron chi connectivity index (χ2n) is 10.6. The second-order valence-corrected chi connectivity index (χ2v) is 10.6. The van der Waals surface area contributed by atoms with Crippen molar-refractivity contribution in [2.24, 2.45) is 11.3 Å². The van der Waals surface area contributed by atoms with Crippen LogP contribution >= 0.6 is 0 Å². The van der Waals surface area contributed by atoms with E-state index in [0.29, 0.717) is 24.8 Å². The Bertz CT molecular complexity index is 1150. The lowest BCUT2D eigenvalue weighted by Crippen LogP contribution is -2.34. The van der Waals surface area contributed by atoms with Gasteiger partial charge in [0, 0.05) is 5.69 Å². The summed E-state index contributed by atoms with van der Waals surface area (Å²) in [7, 11) is 0. The Labute approximate surface area is 216 Å². The van der Waals surface area contributed by atoms with Crippen LogP contribution in [0.15, 0.2) is 48.5 Å². The summed E-state index contributed by atoms with van der Waals surface area (Å²) in [5.74, 6) is -5.80. The van der Waals surface area contributed by atoms with E-state index in [1.807, 2.05) is 0 Å². The Morgan fingerprint density at radius 2 is 1.58 bits per heavy atom. The molecule has 1 amide bonds. The average molecular weight is 546 g/mol. The van der Waals surface area contributed by atoms with Gasteiger partial charge in [-0.2, -0.15) is 13.2 Å². The monoisotopic (exact) mass is 545 g/mol. The van der Waals surface area contributed by atoms with E-state index in [1.165, 1.54) is 6.07 Å². The fourth-order valence-electron chi connectivity index (χ4n) is 4.09. The van der Waals surface area contributed by atoms with Crippen LogP contribution < -0.4 is 10.1 Å². The van der Waals surface area contributed by atoms with Gasteiger partial charge in [0.2, 0.25) is 5.91 Å². The molecule has 0 aliphatic heterocycles. The Morgan fingerprint density at radius 1 is 0.974 bits per heavy atom. The minimum Gasteiger partial charge on any atom is -0.460 e. The number of alkyl halides is 6. The van der Waals surface area contributed by atoms with Crippen LogP contribution in [0.2, 0.25) is 0 Å². The maximum Gasteiger partial charge on any atom is 0.573 e. The number of anilines is 1. The summed E-state index contributed by atoms with van der Waals surface area (Å²) < 4.78 is 87.6. The summed E-state index contributed by atoms with van der Waals surface area (Å²) in [5, 5.41) is 2.49. The summed E-state index contributed by atoms with van der Waals surface area (Å²) in [6, 6.07) is 10.2. The molecule has 0 bridgehead atoms. The summed E-state index contributed by atoms with van der Waals surface area (Å²) in [4.78, 5) is 25.7. The Kier molecular flexibility index (Phi) is 8.10. The highest BCUT2D eigenvalue weighted by molar-refractivity contribution is 5.96. The third-order valence-corrected chi connectivity index (χ3v) is 6.19. The van der Waals surface area contributed by atoms with Crippen LogP contribution in [-0.2, 0) is 20.7 Å². The van der Waals surface area contributed by atoms with Gasteiger partial charge in [-0.25, -0.2) is 0 Å². The van der Waals surface area contributed by atoms with Crippen LogP contribution in [0, 0.1) is 11.3 Å². The van der Waals surface area contributed by atoms with Gasteiger partial charge in [0.05, 0.1) is 17.3 Å². The molecule has 2 aromatic carbocycles. The van der Waals surface area contributed by atoms with Crippen LogP contribution in [-0.4, -0.2) is 30.0 Å². The maximum atomic E-state index is 13.6. The maximum absolute atomic E-state index is 13.6. The van der Waals surface area contributed by atoms with E-state index in [0.717, 1.165) is 31.2 Å². The van der Waals surface area contributed by atoms with Gasteiger partial charge in [-0.3, -0.25) is 9.59 Å². The van der Waals surface area contributed by atoms with Crippen LogP contribution in [0.1, 0.15) is 57.6 Å². The molecule has 0 radical (unpaired) electrons. The molecule has 0 spiro atoms. The zero-order chi connectivity index (χ0) is 28.5. The number of hydrogen-bond acceptors (Lipinski definition) is 4. The third-order valence-electron chi connectivity index (χ3n) is 6.19. The molecule has 0 saturated heterocycles. The predicted molar refractivity (Wildman–Crippen MR) is 127 cm³/mol. The molecule has 1 aliphatic carbocycles. The average Bonchev–Trinajstić information content (AvgIpc) is 3.53. The van der Waals surface area contributed by atoms with Crippen molar-refractivity contribution < 1.29 is 45.4 Å². The lowest BCUT2D eigenvalue weighted by molar-refractivity contribution is -0.274. The molecule has 2 unspecified atom stereocenters. The highest BCUT2D eigenvalue weighted by Gasteiger charge is 2.52. The van der Waals surface area contributed by atoms with E-state index in [-0.39, 0.29) is 17.2 Å². The van der Waals surface area contributed by atoms with Crippen molar-refractivity contribution in [3.8, 4) is 5.75 Å². The first-order valence-corrected chi connectivity index (χ1v) is 11.9. The molecule has 0 aromatic heterocycles. The van der Waals surface area contributed by atoms with Gasteiger partial charge in [0.1, 0.15) is 11.4 Å². The number of ether oxygens (including phenoxy) is 2. The summed E-state index contributed by atoms with van der Waals surface area (Å²) in [5.41, 5.74) is -0.531. The molecule has 3 rings (SSSR count). The smallest absolute Gasteiger partial charge is 0.460 e. The number of rotatable bonds is 8. The van der Waals surface area contributed by atoms with Crippen molar-refractivity contribution in [1.82, 2.24) is 0 Å². The number of esters is 1. The number of carbonyl (C=O) groups is 2. The van der Waals surface area contributed by atoms with Gasteiger partial charge in [-0.15, -0.1) is 13.2 Å². The van der Waals surface area contributed by atoms with Crippen molar-refractivity contribution in [2.45, 2.75) is 71.0 Å². The lowest BCUT2D eigenvalue weighted by atomic mass is 9.85. The van der Waals surface area contributed by atoms with Gasteiger partial charge in [0.15, 0.2) is 0 Å². The largest absolute Gasteiger partial charge is 0.573 e. The predicted octanol–water partition coefficient (Wildman–Crippen LogP) is 7.17. The highest BCUT2D eigenvalue weighted by Crippen LogP contribution is 2.50. The van der Waals surface area contributed by atoms with Gasteiger partial charge >= 0.3 is 18.5 Å². The van der Waals surface area contributed by atoms with Gasteiger partial charge in [0.25, 0.3) is 0 Å². The van der Waals surface area contributed by atoms with E-state index < -0.39 is 47.0 Å². The molecule has 5 nitrogen and oxygen atoms in total. The minimum absolute atomic E-state index is 0.125. The number of nitrogens with one attached hydrogen (secondary N) is 1. The van der Waals surface area contributed by atoms with Crippen molar-refractivity contribution in [3.05, 3.63) is 59.7 Å². The molecular weight excluding hydrogens is 516 g/mol. The first kappa shape index (κ1) is 29.3. The van der Waals surface area contributed by atoms with Crippen LogP contribution in [0.25, 0.3) is 0 Å². The fraction of sp³-hybridized carbons (Fsp3) is 0.481. The molecule has 1 fully saturated rings. The molecule has 1 saturated carbocycles. The summed E-state index contributed by atoms with van der Waals surface area (Å²) in [6.07, 6.45) is -8.11. The number of amides is 1. The summed E-state index contributed by atoms with van der Waals surface area (Å²) >= 11 is 0. The molecule has 2 aromatic rings. The number of halogens is 6. The number of hydrogen-bond donors (Lipinski definition) is 1. The summed E-state index contributed by atoms with van der Waals surface area (Å²) in [6.45, 7) is 6.14. The first-order valence-electron chi connectivity index (χ1n) is 11.9. The second kappa shape index (κ2) is 10.5. The lowest BCUT2D eigenvalue weighted by Gasteiger charge is -2.26. The van der Waals surface area contributed by atoms with E-state index in [1.54, 1.807) is 39.0 Å². The van der Waals surface area contributed by atoms with Crippen molar-refractivity contribution in [3.63, 3.8) is 0 Å². The Balaban J connectivity index is 1.80. The Morgan fingerprint density at radius 3 is 2.08 bits per heavy atom. The SMILES string of the molecule is CC(C(C(=O)Nc1cccc(CC2(C(=O)OC(C)(C)C)CC2)c1)c1ccc(OC(F)(F)F)cc1)C(F)(F)F. The van der Waals surface area contributed by atoms with E-state index >= 15 is 0 Å². The zero-order valence-corrected chi connectivity index (χ0v) is 21.3. The van der Waals surface area contributed by atoms with Gasteiger partial charge < -0.3 is 14.8 Å². The standard InChI is InChI=1S/C27H29F6NO4/c1-16(26(28,29)30)21(18-8-10-20(11-9-18)37-27(31,32)33)22(35)34-19-7-5-6-17(14-19)15-25(12-13-25)23(36)38-24(2,3)4/h5-11,14,16,21H,12-13,15H2,1-4H3,(H,34,35). The first-order chi connectivity index (χ1) is 17.4. The molecule has 2 atom stereocenters. The molecular formula is C27H29F6NO4. The van der Waals surface area contributed by atoms with Crippen molar-refractivity contribution in [1.29, 1.82) is 0 Å². The van der Waals surface area contributed by atoms with E-state index in [4.69, 9.17) is 4.74 Å². The quantitative estimate of drug-likeness (QED) is 0.282. The molecule has 0 heterocycles. The fourth-order valence-corrected chi connectivity index (χ4v) is 4.09. The Hall–Kier alpha value is -3.24. The normalized spacial score (nSPS) is 16.8. The van der Waals surface area contributed by atoms with Gasteiger partial charge in [-0.05, 0) is 75.4 Å². The third kappa shape index (κ3) is 7.88. The number of carbonyl (C=O) groups excluding carboxylic acids is 2. The van der Waals surface area contributed by atoms with Crippen LogP contribution in [0.3, 0.4) is 0 Å². The van der Waals surface area contributed by atoms with Crippen LogP contribution in [0.5, 0.6) is 5.75 Å². The molecule has 38 heavy (non-hydrogen) atoms. The minimum atomic E-state index is -4.97. The highest BCUT2D eigenvalue weighted by atomic mass is 19.4. The van der Waals surface area contributed by atoms with Crippen LogP contribution in [0.4, 0.5) is 32.0 Å². The van der Waals surface area contributed by atoms with E-state index in [9.17, 15) is 35.9 Å². The van der Waals surface area contributed by atoms with Crippen molar-refractivity contribution >= 4 is 17.6 Å². The zero-order valence-electron chi connectivity index (χ0n) is 21.3. The molecule has 208 valence electrons. The molecule has 11 heteroatoms. The molecule has 1 N–H and O–H groups in total. The topological polar surface area (TPSA) is 64.6 Å².